The lowest BCUT2D eigenvalue weighted by Crippen LogP contribution is -2.17. The molecule has 1 aliphatic carbocycles. The lowest BCUT2D eigenvalue weighted by Gasteiger charge is -2.19. The Labute approximate surface area is 169 Å². The van der Waals surface area contributed by atoms with E-state index in [0.29, 0.717) is 48.4 Å². The zero-order valence-corrected chi connectivity index (χ0v) is 16.6. The second kappa shape index (κ2) is 8.16. The highest BCUT2D eigenvalue weighted by molar-refractivity contribution is 7.92. The van der Waals surface area contributed by atoms with Crippen LogP contribution < -0.4 is 19.5 Å². The molecule has 2 aliphatic rings. The maximum atomic E-state index is 12.7. The highest BCUT2D eigenvalue weighted by Gasteiger charge is 2.20. The highest BCUT2D eigenvalue weighted by atomic mass is 32.2. The summed E-state index contributed by atoms with van der Waals surface area (Å²) in [6, 6.07) is 11.1. The minimum Gasteiger partial charge on any atom is -0.486 e. The molecule has 2 aromatic carbocycles. The fraction of sp³-hybridized carbons (Fsp3) is 0.286. The van der Waals surface area contributed by atoms with E-state index < -0.39 is 10.0 Å². The third-order valence-electron chi connectivity index (χ3n) is 4.80. The van der Waals surface area contributed by atoms with Crippen LogP contribution in [0.1, 0.15) is 19.3 Å². The number of amides is 1. The van der Waals surface area contributed by atoms with Crippen molar-refractivity contribution in [2.75, 3.05) is 23.3 Å². The monoisotopic (exact) mass is 414 g/mol. The number of benzene rings is 2. The number of carbonyl (C=O) groups is 1. The van der Waals surface area contributed by atoms with Crippen molar-refractivity contribution in [1.29, 1.82) is 0 Å². The van der Waals surface area contributed by atoms with E-state index in [2.05, 4.69) is 22.2 Å². The van der Waals surface area contributed by atoms with Crippen molar-refractivity contribution in [2.45, 2.75) is 24.2 Å². The number of sulfonamides is 1. The molecule has 152 valence electrons. The molecule has 1 atom stereocenters. The standard InChI is InChI=1S/C21H22N2O5S/c24-21(13-15-3-1-2-4-15)22-16-5-7-17(8-6-16)23-29(25,26)18-9-10-19-20(14-18)28-12-11-27-19/h1,3,5-10,14-15,23H,2,4,11-13H2,(H,22,24). The zero-order chi connectivity index (χ0) is 20.3. The van der Waals surface area contributed by atoms with Crippen LogP contribution in [0.5, 0.6) is 11.5 Å². The SMILES string of the molecule is O=C(CC1C=CCC1)Nc1ccc(NS(=O)(=O)c2ccc3c(c2)OCCO3)cc1. The van der Waals surface area contributed by atoms with Crippen molar-refractivity contribution in [3.05, 3.63) is 54.6 Å². The van der Waals surface area contributed by atoms with Gasteiger partial charge in [0.05, 0.1) is 4.90 Å². The molecule has 4 rings (SSSR count). The van der Waals surface area contributed by atoms with Gasteiger partial charge in [0, 0.05) is 23.9 Å². The van der Waals surface area contributed by atoms with Crippen LogP contribution in [0.15, 0.2) is 59.5 Å². The summed E-state index contributed by atoms with van der Waals surface area (Å²) in [6.45, 7) is 0.825. The van der Waals surface area contributed by atoms with E-state index in [4.69, 9.17) is 9.47 Å². The summed E-state index contributed by atoms with van der Waals surface area (Å²) >= 11 is 0. The normalized spacial score (nSPS) is 17.7. The number of ether oxygens (including phenoxy) is 2. The Hall–Kier alpha value is -3.00. The van der Waals surface area contributed by atoms with Gasteiger partial charge in [-0.3, -0.25) is 9.52 Å². The Bertz CT molecular complexity index is 1030. The molecule has 0 saturated heterocycles. The summed E-state index contributed by atoms with van der Waals surface area (Å²) in [5.41, 5.74) is 1.02. The summed E-state index contributed by atoms with van der Waals surface area (Å²) in [4.78, 5) is 12.2. The van der Waals surface area contributed by atoms with Gasteiger partial charge < -0.3 is 14.8 Å². The van der Waals surface area contributed by atoms with Crippen molar-refractivity contribution in [3.63, 3.8) is 0 Å². The van der Waals surface area contributed by atoms with Crippen LogP contribution in [0.4, 0.5) is 11.4 Å². The third kappa shape index (κ3) is 4.71. The van der Waals surface area contributed by atoms with Crippen molar-refractivity contribution >= 4 is 27.3 Å². The van der Waals surface area contributed by atoms with Gasteiger partial charge in [-0.15, -0.1) is 0 Å². The lowest BCUT2D eigenvalue weighted by atomic mass is 10.1. The molecule has 1 heterocycles. The molecule has 0 aromatic heterocycles. The van der Waals surface area contributed by atoms with Crippen LogP contribution in [0.2, 0.25) is 0 Å². The van der Waals surface area contributed by atoms with Crippen LogP contribution in [0.25, 0.3) is 0 Å². The van der Waals surface area contributed by atoms with E-state index in [1.165, 1.54) is 12.1 Å². The first-order chi connectivity index (χ1) is 14.0. The van der Waals surface area contributed by atoms with Gasteiger partial charge in [0.25, 0.3) is 10.0 Å². The van der Waals surface area contributed by atoms with E-state index in [0.717, 1.165) is 12.8 Å². The van der Waals surface area contributed by atoms with Crippen LogP contribution >= 0.6 is 0 Å². The smallest absolute Gasteiger partial charge is 0.262 e. The Morgan fingerprint density at radius 3 is 2.45 bits per heavy atom. The van der Waals surface area contributed by atoms with Gasteiger partial charge in [-0.25, -0.2) is 8.42 Å². The van der Waals surface area contributed by atoms with Crippen molar-refractivity contribution in [3.8, 4) is 11.5 Å². The number of hydrogen-bond donors (Lipinski definition) is 2. The fourth-order valence-electron chi connectivity index (χ4n) is 3.34. The first-order valence-corrected chi connectivity index (χ1v) is 11.0. The molecule has 2 N–H and O–H groups in total. The third-order valence-corrected chi connectivity index (χ3v) is 6.18. The topological polar surface area (TPSA) is 93.7 Å². The predicted octanol–water partition coefficient (Wildman–Crippen LogP) is 3.55. The van der Waals surface area contributed by atoms with E-state index >= 15 is 0 Å². The number of rotatable bonds is 6. The van der Waals surface area contributed by atoms with Gasteiger partial charge in [0.15, 0.2) is 11.5 Å². The molecule has 8 heteroatoms. The Balaban J connectivity index is 1.40. The van der Waals surface area contributed by atoms with Gasteiger partial charge >= 0.3 is 0 Å². The quantitative estimate of drug-likeness (QED) is 0.705. The summed E-state index contributed by atoms with van der Waals surface area (Å²) in [7, 11) is -3.78. The number of allylic oxidation sites excluding steroid dienone is 2. The molecule has 0 bridgehead atoms. The molecule has 1 unspecified atom stereocenters. The molecule has 0 fully saturated rings. The zero-order valence-electron chi connectivity index (χ0n) is 15.8. The lowest BCUT2D eigenvalue weighted by molar-refractivity contribution is -0.116. The maximum absolute atomic E-state index is 12.7. The molecular formula is C21H22N2O5S. The van der Waals surface area contributed by atoms with Crippen molar-refractivity contribution < 1.29 is 22.7 Å². The number of nitrogens with one attached hydrogen (secondary N) is 2. The van der Waals surface area contributed by atoms with Gasteiger partial charge in [-0.2, -0.15) is 0 Å². The summed E-state index contributed by atoms with van der Waals surface area (Å²) in [5, 5.41) is 2.84. The molecule has 1 aliphatic heterocycles. The van der Waals surface area contributed by atoms with E-state index in [9.17, 15) is 13.2 Å². The number of anilines is 2. The fourth-order valence-corrected chi connectivity index (χ4v) is 4.42. The van der Waals surface area contributed by atoms with Gasteiger partial charge in [0.2, 0.25) is 5.91 Å². The van der Waals surface area contributed by atoms with Crippen molar-refractivity contribution in [2.24, 2.45) is 5.92 Å². The largest absolute Gasteiger partial charge is 0.486 e. The summed E-state index contributed by atoms with van der Waals surface area (Å²) in [5.74, 6) is 1.19. The Kier molecular flexibility index (Phi) is 5.44. The Morgan fingerprint density at radius 1 is 1.00 bits per heavy atom. The van der Waals surface area contributed by atoms with Crippen LogP contribution in [-0.4, -0.2) is 27.5 Å². The van der Waals surface area contributed by atoms with Crippen molar-refractivity contribution in [1.82, 2.24) is 0 Å². The molecular weight excluding hydrogens is 392 g/mol. The molecule has 0 radical (unpaired) electrons. The molecule has 0 spiro atoms. The van der Waals surface area contributed by atoms with E-state index in [1.807, 2.05) is 0 Å². The molecule has 2 aromatic rings. The first-order valence-electron chi connectivity index (χ1n) is 9.49. The van der Waals surface area contributed by atoms with Crippen LogP contribution in [0, 0.1) is 5.92 Å². The second-order valence-corrected chi connectivity index (χ2v) is 8.69. The second-order valence-electron chi connectivity index (χ2n) is 7.01. The highest BCUT2D eigenvalue weighted by Crippen LogP contribution is 2.32. The number of hydrogen-bond acceptors (Lipinski definition) is 5. The van der Waals surface area contributed by atoms with Gasteiger partial charge in [-0.1, -0.05) is 12.2 Å². The van der Waals surface area contributed by atoms with Crippen LogP contribution in [-0.2, 0) is 14.8 Å². The first kappa shape index (κ1) is 19.3. The summed E-state index contributed by atoms with van der Waals surface area (Å²) < 4.78 is 38.7. The Morgan fingerprint density at radius 2 is 1.72 bits per heavy atom. The molecule has 7 nitrogen and oxygen atoms in total. The van der Waals surface area contributed by atoms with Gasteiger partial charge in [-0.05, 0) is 55.2 Å². The number of fused-ring (bicyclic) bond motifs is 1. The average Bonchev–Trinajstić information content (AvgIpc) is 3.22. The minimum absolute atomic E-state index is 0.0499. The molecule has 29 heavy (non-hydrogen) atoms. The van der Waals surface area contributed by atoms with E-state index in [1.54, 1.807) is 30.3 Å². The molecule has 0 saturated carbocycles. The van der Waals surface area contributed by atoms with Crippen LogP contribution in [0.3, 0.4) is 0 Å². The maximum Gasteiger partial charge on any atom is 0.262 e. The van der Waals surface area contributed by atoms with Gasteiger partial charge in [0.1, 0.15) is 13.2 Å². The van der Waals surface area contributed by atoms with E-state index in [-0.39, 0.29) is 10.8 Å². The summed E-state index contributed by atoms with van der Waals surface area (Å²) in [6.07, 6.45) is 6.66. The average molecular weight is 414 g/mol. The number of carbonyl (C=O) groups excluding carboxylic acids is 1. The molecule has 1 amide bonds. The predicted molar refractivity (Wildman–Crippen MR) is 110 cm³/mol. The minimum atomic E-state index is -3.78.